The Bertz CT molecular complexity index is 1490. The third-order valence-electron chi connectivity index (χ3n) is 5.35. The topological polar surface area (TPSA) is 12.9 Å². The molecule has 27 heavy (non-hydrogen) atoms. The lowest BCUT2D eigenvalue weighted by molar-refractivity contribution is 1.42. The molecule has 1 aromatic heterocycles. The van der Waals surface area contributed by atoms with Crippen molar-refractivity contribution in [3.8, 4) is 0 Å². The fraction of sp³-hybridized carbons (Fsp3) is 0.0385. The van der Waals surface area contributed by atoms with E-state index in [1.807, 2.05) is 19.2 Å². The first-order chi connectivity index (χ1) is 13.3. The summed E-state index contributed by atoms with van der Waals surface area (Å²) >= 11 is 0. The van der Waals surface area contributed by atoms with Gasteiger partial charge in [-0.05, 0) is 45.0 Å². The molecule has 0 radical (unpaired) electrons. The monoisotopic (exact) mass is 345 g/mol. The molecule has 0 aliphatic rings. The Balaban J connectivity index is 2.30. The second-order valence-corrected chi connectivity index (χ2v) is 6.83. The Hall–Kier alpha value is -3.45. The highest BCUT2D eigenvalue weighted by Gasteiger charge is 2.13. The normalized spacial score (nSPS) is 12.9. The third kappa shape index (κ3) is 2.22. The van der Waals surface area contributed by atoms with Crippen molar-refractivity contribution in [1.29, 1.82) is 0 Å². The van der Waals surface area contributed by atoms with Gasteiger partial charge in [0.15, 0.2) is 0 Å². The maximum atomic E-state index is 4.78. The molecular formula is C26H19N. The van der Waals surface area contributed by atoms with Gasteiger partial charge in [0, 0.05) is 22.4 Å². The Morgan fingerprint density at radius 3 is 2.00 bits per heavy atom. The van der Waals surface area contributed by atoms with Crippen LogP contribution in [0.1, 0.15) is 6.92 Å². The molecule has 1 heteroatoms. The second kappa shape index (κ2) is 6.07. The first-order valence-corrected chi connectivity index (χ1v) is 9.23. The van der Waals surface area contributed by atoms with Crippen LogP contribution in [-0.4, -0.2) is 4.98 Å². The average molecular weight is 345 g/mol. The molecular weight excluding hydrogens is 326 g/mol. The number of pyridine rings is 1. The number of allylic oxidation sites excluding steroid dienone is 2. The van der Waals surface area contributed by atoms with Crippen molar-refractivity contribution in [3.05, 3.63) is 89.4 Å². The molecule has 0 atom stereocenters. The van der Waals surface area contributed by atoms with Crippen LogP contribution in [0, 0.1) is 0 Å². The van der Waals surface area contributed by atoms with Gasteiger partial charge < -0.3 is 0 Å². The van der Waals surface area contributed by atoms with Gasteiger partial charge in [-0.25, -0.2) is 0 Å². The van der Waals surface area contributed by atoms with Crippen LogP contribution in [0.5, 0.6) is 0 Å². The van der Waals surface area contributed by atoms with Gasteiger partial charge in [-0.2, -0.15) is 0 Å². The number of nitrogens with zero attached hydrogens (tertiary/aromatic N) is 1. The van der Waals surface area contributed by atoms with Crippen molar-refractivity contribution < 1.29 is 0 Å². The molecule has 0 saturated carbocycles. The highest BCUT2D eigenvalue weighted by molar-refractivity contribution is 6.30. The molecule has 5 rings (SSSR count). The molecule has 1 nitrogen and oxygen atoms in total. The molecule has 128 valence electrons. The second-order valence-electron chi connectivity index (χ2n) is 6.83. The molecule has 0 aliphatic heterocycles. The van der Waals surface area contributed by atoms with E-state index in [1.54, 1.807) is 0 Å². The van der Waals surface area contributed by atoms with Gasteiger partial charge in [0.1, 0.15) is 0 Å². The minimum absolute atomic E-state index is 1.03. The molecule has 0 amide bonds. The van der Waals surface area contributed by atoms with E-state index < -0.39 is 0 Å². The Morgan fingerprint density at radius 1 is 0.741 bits per heavy atom. The van der Waals surface area contributed by atoms with E-state index in [-0.39, 0.29) is 0 Å². The van der Waals surface area contributed by atoms with E-state index in [4.69, 9.17) is 4.98 Å². The summed E-state index contributed by atoms with van der Waals surface area (Å²) in [6, 6.07) is 21.4. The first-order valence-electron chi connectivity index (χ1n) is 9.23. The third-order valence-corrected chi connectivity index (χ3v) is 5.35. The number of aromatic nitrogens is 1. The predicted octanol–water partition coefficient (Wildman–Crippen LogP) is 5.46. The number of hydrogen-bond acceptors (Lipinski definition) is 1. The van der Waals surface area contributed by atoms with E-state index in [1.165, 1.54) is 37.5 Å². The SMILES string of the molecule is C=c1/c(=C\C=C/C)c2c3ccccc3c3ccccc3c2c2ncccc12. The van der Waals surface area contributed by atoms with Crippen molar-refractivity contribution in [1.82, 2.24) is 4.98 Å². The van der Waals surface area contributed by atoms with Gasteiger partial charge in [0.25, 0.3) is 0 Å². The highest BCUT2D eigenvalue weighted by Crippen LogP contribution is 2.35. The van der Waals surface area contributed by atoms with Gasteiger partial charge >= 0.3 is 0 Å². The summed E-state index contributed by atoms with van der Waals surface area (Å²) in [5.74, 6) is 0. The molecule has 1 heterocycles. The van der Waals surface area contributed by atoms with E-state index in [2.05, 4.69) is 79.4 Å². The van der Waals surface area contributed by atoms with Crippen molar-refractivity contribution in [2.75, 3.05) is 0 Å². The summed E-state index contributed by atoms with van der Waals surface area (Å²) in [7, 11) is 0. The molecule has 0 unspecified atom stereocenters. The molecule has 0 saturated heterocycles. The van der Waals surface area contributed by atoms with Crippen LogP contribution >= 0.6 is 0 Å². The summed E-state index contributed by atoms with van der Waals surface area (Å²) in [4.78, 5) is 4.78. The van der Waals surface area contributed by atoms with E-state index in [0.29, 0.717) is 0 Å². The van der Waals surface area contributed by atoms with E-state index >= 15 is 0 Å². The molecule has 0 bridgehead atoms. The van der Waals surface area contributed by atoms with Crippen molar-refractivity contribution in [3.63, 3.8) is 0 Å². The number of hydrogen-bond donors (Lipinski definition) is 0. The zero-order valence-corrected chi connectivity index (χ0v) is 15.2. The molecule has 4 aromatic carbocycles. The van der Waals surface area contributed by atoms with Gasteiger partial charge in [-0.1, -0.05) is 79.4 Å². The van der Waals surface area contributed by atoms with Gasteiger partial charge in [-0.15, -0.1) is 0 Å². The van der Waals surface area contributed by atoms with E-state index in [0.717, 1.165) is 16.1 Å². The van der Waals surface area contributed by atoms with Crippen LogP contribution in [0.25, 0.3) is 55.9 Å². The summed E-state index contributed by atoms with van der Waals surface area (Å²) < 4.78 is 0. The minimum Gasteiger partial charge on any atom is -0.256 e. The molecule has 0 fully saturated rings. The summed E-state index contributed by atoms with van der Waals surface area (Å²) in [6.07, 6.45) is 8.20. The highest BCUT2D eigenvalue weighted by atomic mass is 14.6. The first kappa shape index (κ1) is 15.8. The van der Waals surface area contributed by atoms with Crippen LogP contribution in [-0.2, 0) is 0 Å². The van der Waals surface area contributed by atoms with Crippen molar-refractivity contribution in [2.45, 2.75) is 6.92 Å². The zero-order valence-electron chi connectivity index (χ0n) is 15.2. The van der Waals surface area contributed by atoms with Crippen LogP contribution < -0.4 is 10.4 Å². The fourth-order valence-electron chi connectivity index (χ4n) is 4.19. The summed E-state index contributed by atoms with van der Waals surface area (Å²) in [5.41, 5.74) is 1.03. The van der Waals surface area contributed by atoms with E-state index in [9.17, 15) is 0 Å². The maximum absolute atomic E-state index is 4.78. The van der Waals surface area contributed by atoms with Gasteiger partial charge in [-0.3, -0.25) is 4.98 Å². The quantitative estimate of drug-likeness (QED) is 0.368. The van der Waals surface area contributed by atoms with Crippen LogP contribution in [0.3, 0.4) is 0 Å². The summed E-state index contributed by atoms with van der Waals surface area (Å²) in [6.45, 7) is 6.47. The molecule has 0 aliphatic carbocycles. The standard InChI is InChI=1S/C26H19N/c1-3-4-10-18-17(2)19-15-9-16-27-26(19)25-23-14-8-6-12-21(23)20-11-5-7-13-22(20)24(18)25/h3-16H,2H2,1H3/b4-3-,18-10+. The Labute approximate surface area is 157 Å². The van der Waals surface area contributed by atoms with Crippen LogP contribution in [0.2, 0.25) is 0 Å². The van der Waals surface area contributed by atoms with Crippen LogP contribution in [0.4, 0.5) is 0 Å². The summed E-state index contributed by atoms with van der Waals surface area (Å²) in [5, 5.41) is 10.8. The molecule has 5 aromatic rings. The Morgan fingerprint density at radius 2 is 1.33 bits per heavy atom. The fourth-order valence-corrected chi connectivity index (χ4v) is 4.19. The van der Waals surface area contributed by atoms with Crippen LogP contribution in [0.15, 0.2) is 79.0 Å². The zero-order chi connectivity index (χ0) is 18.4. The lowest BCUT2D eigenvalue weighted by Gasteiger charge is -2.13. The number of benzene rings is 4. The molecule has 0 N–H and O–H groups in total. The lowest BCUT2D eigenvalue weighted by atomic mass is 9.90. The smallest absolute Gasteiger partial charge is 0.0792 e. The van der Waals surface area contributed by atoms with Crippen molar-refractivity contribution in [2.24, 2.45) is 0 Å². The lowest BCUT2D eigenvalue weighted by Crippen LogP contribution is -2.25. The number of fused-ring (bicyclic) bond motifs is 8. The average Bonchev–Trinajstić information content (AvgIpc) is 2.73. The largest absolute Gasteiger partial charge is 0.256 e. The van der Waals surface area contributed by atoms with Crippen molar-refractivity contribution >= 4 is 55.9 Å². The predicted molar refractivity (Wildman–Crippen MR) is 118 cm³/mol. The van der Waals surface area contributed by atoms with Gasteiger partial charge in [0.2, 0.25) is 0 Å². The minimum atomic E-state index is 1.03. The molecule has 0 spiro atoms. The van der Waals surface area contributed by atoms with Gasteiger partial charge in [0.05, 0.1) is 5.52 Å². The Kier molecular flexibility index (Phi) is 3.54. The number of rotatable bonds is 1. The maximum Gasteiger partial charge on any atom is 0.0792 e.